The lowest BCUT2D eigenvalue weighted by molar-refractivity contribution is -0.123. The Morgan fingerprint density at radius 1 is 1.04 bits per heavy atom. The van der Waals surface area contributed by atoms with E-state index in [1.54, 1.807) is 13.2 Å². The van der Waals surface area contributed by atoms with E-state index < -0.39 is 0 Å². The summed E-state index contributed by atoms with van der Waals surface area (Å²) in [6, 6.07) is 14.9. The Labute approximate surface area is 135 Å². The Hall–Kier alpha value is -2.82. The highest BCUT2D eigenvalue weighted by Crippen LogP contribution is 2.24. The zero-order chi connectivity index (χ0) is 16.7. The largest absolute Gasteiger partial charge is 0.495 e. The van der Waals surface area contributed by atoms with Crippen LogP contribution in [0.15, 0.2) is 48.5 Å². The predicted molar refractivity (Wildman–Crippen MR) is 89.5 cm³/mol. The van der Waals surface area contributed by atoms with Gasteiger partial charge in [-0.15, -0.1) is 0 Å². The van der Waals surface area contributed by atoms with Crippen molar-refractivity contribution in [3.8, 4) is 5.75 Å². The first-order valence-electron chi connectivity index (χ1n) is 7.33. The molecule has 0 bridgehead atoms. The predicted octanol–water partition coefficient (Wildman–Crippen LogP) is 2.30. The third-order valence-corrected chi connectivity index (χ3v) is 3.28. The lowest BCUT2D eigenvalue weighted by atomic mass is 10.1. The van der Waals surface area contributed by atoms with E-state index in [0.717, 1.165) is 11.1 Å². The molecular weight excluding hydrogens is 292 g/mol. The van der Waals surface area contributed by atoms with Crippen LogP contribution < -0.4 is 15.4 Å². The van der Waals surface area contributed by atoms with Crippen LogP contribution in [0.2, 0.25) is 0 Å². The molecule has 2 aromatic carbocycles. The van der Waals surface area contributed by atoms with Gasteiger partial charge in [0.05, 0.1) is 25.8 Å². The van der Waals surface area contributed by atoms with E-state index in [9.17, 15) is 9.59 Å². The average Bonchev–Trinajstić information content (AvgIpc) is 2.54. The standard InChI is InChI=1S/C18H20N2O3/c1-13-8-9-16(23-2)15(10-13)20-18(22)12-19-17(21)11-14-6-4-3-5-7-14/h3-10H,11-12H2,1-2H3,(H,19,21)(H,20,22). The molecule has 0 aromatic heterocycles. The molecular formula is C18H20N2O3. The van der Waals surface area contributed by atoms with Crippen molar-refractivity contribution < 1.29 is 14.3 Å². The summed E-state index contributed by atoms with van der Waals surface area (Å²) in [6.45, 7) is 1.85. The number of methoxy groups -OCH3 is 1. The molecule has 120 valence electrons. The average molecular weight is 312 g/mol. The Kier molecular flexibility index (Phi) is 5.74. The van der Waals surface area contributed by atoms with Crippen LogP contribution in [0, 0.1) is 6.92 Å². The molecule has 0 spiro atoms. The molecule has 0 radical (unpaired) electrons. The van der Waals surface area contributed by atoms with Gasteiger partial charge in [0.25, 0.3) is 0 Å². The van der Waals surface area contributed by atoms with E-state index in [4.69, 9.17) is 4.74 Å². The van der Waals surface area contributed by atoms with Gasteiger partial charge in [-0.05, 0) is 30.2 Å². The summed E-state index contributed by atoms with van der Waals surface area (Å²) in [5.41, 5.74) is 2.51. The maximum absolute atomic E-state index is 12.0. The van der Waals surface area contributed by atoms with Crippen LogP contribution in [0.25, 0.3) is 0 Å². The zero-order valence-corrected chi connectivity index (χ0v) is 13.3. The van der Waals surface area contributed by atoms with Gasteiger partial charge < -0.3 is 15.4 Å². The highest BCUT2D eigenvalue weighted by atomic mass is 16.5. The monoisotopic (exact) mass is 312 g/mol. The first-order chi connectivity index (χ1) is 11.1. The Morgan fingerprint density at radius 3 is 2.48 bits per heavy atom. The van der Waals surface area contributed by atoms with Gasteiger partial charge in [-0.25, -0.2) is 0 Å². The minimum Gasteiger partial charge on any atom is -0.495 e. The molecule has 0 fully saturated rings. The molecule has 0 atom stereocenters. The topological polar surface area (TPSA) is 67.4 Å². The molecule has 5 heteroatoms. The second-order valence-electron chi connectivity index (χ2n) is 5.19. The summed E-state index contributed by atoms with van der Waals surface area (Å²) in [5, 5.41) is 5.35. The highest BCUT2D eigenvalue weighted by Gasteiger charge is 2.09. The Morgan fingerprint density at radius 2 is 1.78 bits per heavy atom. The fourth-order valence-corrected chi connectivity index (χ4v) is 2.14. The third kappa shape index (κ3) is 5.14. The maximum Gasteiger partial charge on any atom is 0.243 e. The van der Waals surface area contributed by atoms with Gasteiger partial charge in [-0.1, -0.05) is 36.4 Å². The number of aryl methyl sites for hydroxylation is 1. The number of amides is 2. The van der Waals surface area contributed by atoms with Crippen molar-refractivity contribution in [2.24, 2.45) is 0 Å². The number of nitrogens with one attached hydrogen (secondary N) is 2. The summed E-state index contributed by atoms with van der Waals surface area (Å²) in [7, 11) is 1.54. The van der Waals surface area contributed by atoms with Gasteiger partial charge >= 0.3 is 0 Å². The highest BCUT2D eigenvalue weighted by molar-refractivity contribution is 5.96. The number of hydrogen-bond acceptors (Lipinski definition) is 3. The van der Waals surface area contributed by atoms with Gasteiger partial charge in [0.15, 0.2) is 0 Å². The van der Waals surface area contributed by atoms with Crippen molar-refractivity contribution in [2.75, 3.05) is 19.0 Å². The number of rotatable bonds is 6. The summed E-state index contributed by atoms with van der Waals surface area (Å²) in [6.07, 6.45) is 0.252. The van der Waals surface area contributed by atoms with Crippen LogP contribution in [0.5, 0.6) is 5.75 Å². The van der Waals surface area contributed by atoms with Crippen molar-refractivity contribution in [3.05, 3.63) is 59.7 Å². The van der Waals surface area contributed by atoms with Crippen molar-refractivity contribution in [1.82, 2.24) is 5.32 Å². The molecule has 0 aliphatic rings. The van der Waals surface area contributed by atoms with Crippen LogP contribution >= 0.6 is 0 Å². The maximum atomic E-state index is 12.0. The van der Waals surface area contributed by atoms with E-state index in [2.05, 4.69) is 10.6 Å². The quantitative estimate of drug-likeness (QED) is 0.860. The van der Waals surface area contributed by atoms with Gasteiger partial charge in [-0.2, -0.15) is 0 Å². The van der Waals surface area contributed by atoms with E-state index in [1.807, 2.05) is 49.4 Å². The van der Waals surface area contributed by atoms with Crippen LogP contribution in [-0.4, -0.2) is 25.5 Å². The molecule has 5 nitrogen and oxygen atoms in total. The molecule has 0 saturated carbocycles. The Balaban J connectivity index is 1.85. The molecule has 23 heavy (non-hydrogen) atoms. The second-order valence-corrected chi connectivity index (χ2v) is 5.19. The number of ether oxygens (including phenoxy) is 1. The van der Waals surface area contributed by atoms with E-state index in [-0.39, 0.29) is 24.8 Å². The molecule has 0 saturated heterocycles. The fraction of sp³-hybridized carbons (Fsp3) is 0.222. The van der Waals surface area contributed by atoms with E-state index >= 15 is 0 Å². The molecule has 0 aliphatic heterocycles. The number of carbonyl (C=O) groups is 2. The van der Waals surface area contributed by atoms with Gasteiger partial charge in [0, 0.05) is 0 Å². The first kappa shape index (κ1) is 16.5. The summed E-state index contributed by atoms with van der Waals surface area (Å²) >= 11 is 0. The number of benzene rings is 2. The smallest absolute Gasteiger partial charge is 0.243 e. The van der Waals surface area contributed by atoms with E-state index in [0.29, 0.717) is 11.4 Å². The molecule has 2 N–H and O–H groups in total. The number of carbonyl (C=O) groups excluding carboxylic acids is 2. The lowest BCUT2D eigenvalue weighted by Gasteiger charge is -2.11. The number of anilines is 1. The molecule has 2 amide bonds. The van der Waals surface area contributed by atoms with Crippen LogP contribution in [-0.2, 0) is 16.0 Å². The van der Waals surface area contributed by atoms with Crippen molar-refractivity contribution in [2.45, 2.75) is 13.3 Å². The van der Waals surface area contributed by atoms with E-state index in [1.165, 1.54) is 0 Å². The first-order valence-corrected chi connectivity index (χ1v) is 7.33. The van der Waals surface area contributed by atoms with Crippen LogP contribution in [0.4, 0.5) is 5.69 Å². The van der Waals surface area contributed by atoms with Gasteiger partial charge in [0.1, 0.15) is 5.75 Å². The lowest BCUT2D eigenvalue weighted by Crippen LogP contribution is -2.33. The summed E-state index contributed by atoms with van der Waals surface area (Å²) < 4.78 is 5.20. The molecule has 0 unspecified atom stereocenters. The van der Waals surface area contributed by atoms with Gasteiger partial charge in [0.2, 0.25) is 11.8 Å². The van der Waals surface area contributed by atoms with Crippen molar-refractivity contribution >= 4 is 17.5 Å². The second kappa shape index (κ2) is 7.98. The minimum absolute atomic E-state index is 0.0806. The van der Waals surface area contributed by atoms with Crippen LogP contribution in [0.3, 0.4) is 0 Å². The number of hydrogen-bond donors (Lipinski definition) is 2. The molecule has 2 aromatic rings. The van der Waals surface area contributed by atoms with Crippen molar-refractivity contribution in [1.29, 1.82) is 0 Å². The van der Waals surface area contributed by atoms with Gasteiger partial charge in [-0.3, -0.25) is 9.59 Å². The Bertz CT molecular complexity index is 684. The molecule has 2 rings (SSSR count). The summed E-state index contributed by atoms with van der Waals surface area (Å²) in [4.78, 5) is 23.8. The molecule has 0 aliphatic carbocycles. The molecule has 0 heterocycles. The minimum atomic E-state index is -0.296. The third-order valence-electron chi connectivity index (χ3n) is 3.28. The SMILES string of the molecule is COc1ccc(C)cc1NC(=O)CNC(=O)Cc1ccccc1. The zero-order valence-electron chi connectivity index (χ0n) is 13.3. The van der Waals surface area contributed by atoms with Crippen molar-refractivity contribution in [3.63, 3.8) is 0 Å². The summed E-state index contributed by atoms with van der Waals surface area (Å²) in [5.74, 6) is 0.0948. The normalized spacial score (nSPS) is 10.0. The van der Waals surface area contributed by atoms with Crippen LogP contribution in [0.1, 0.15) is 11.1 Å². The fourth-order valence-electron chi connectivity index (χ4n) is 2.14.